The number of carbonyl (C=O) groups excluding carboxylic acids is 2. The molecule has 3 N–H and O–H groups in total. The number of aryl methyl sites for hydroxylation is 2. The van der Waals surface area contributed by atoms with Gasteiger partial charge >= 0.3 is 11.9 Å². The molecule has 0 saturated heterocycles. The molecule has 0 aliphatic carbocycles. The van der Waals surface area contributed by atoms with Crippen molar-refractivity contribution < 1.29 is 28.6 Å². The summed E-state index contributed by atoms with van der Waals surface area (Å²) in [6.07, 6.45) is 3.94. The third kappa shape index (κ3) is 7.91. The van der Waals surface area contributed by atoms with E-state index in [0.29, 0.717) is 30.8 Å². The number of aliphatic carboxylic acids is 1. The van der Waals surface area contributed by atoms with Gasteiger partial charge < -0.3 is 20.0 Å². The lowest BCUT2D eigenvalue weighted by molar-refractivity contribution is -0.164. The maximum absolute atomic E-state index is 12.3. The topological polar surface area (TPSA) is 120 Å². The number of hydrogen-bond donors (Lipinski definition) is 2. The van der Waals surface area contributed by atoms with Crippen LogP contribution in [0.3, 0.4) is 0 Å². The summed E-state index contributed by atoms with van der Waals surface area (Å²) < 4.78 is 10.3. The number of furan rings is 1. The molecule has 0 bridgehead atoms. The Hall–Kier alpha value is -2.93. The number of nitrogens with two attached hydrogens (primary N) is 1. The van der Waals surface area contributed by atoms with Crippen LogP contribution in [0.1, 0.15) is 54.5 Å². The van der Waals surface area contributed by atoms with E-state index in [1.54, 1.807) is 19.1 Å². The number of benzene rings is 1. The van der Waals surface area contributed by atoms with Crippen LogP contribution in [0.25, 0.3) is 0 Å². The van der Waals surface area contributed by atoms with Gasteiger partial charge in [0.25, 0.3) is 0 Å². The van der Waals surface area contributed by atoms with Crippen LogP contribution in [0.4, 0.5) is 0 Å². The van der Waals surface area contributed by atoms with Gasteiger partial charge in [0, 0.05) is 18.4 Å². The number of carboxylic acids is 1. The molecule has 0 spiro atoms. The fourth-order valence-corrected chi connectivity index (χ4v) is 2.82. The molecule has 1 heterocycles. The number of esters is 1. The van der Waals surface area contributed by atoms with Crippen LogP contribution in [0, 0.1) is 0 Å². The van der Waals surface area contributed by atoms with Crippen molar-refractivity contribution in [2.24, 2.45) is 5.73 Å². The third-order valence-electron chi connectivity index (χ3n) is 4.55. The first kappa shape index (κ1) is 22.4. The first-order valence-corrected chi connectivity index (χ1v) is 9.61. The Morgan fingerprint density at radius 1 is 1.07 bits per heavy atom. The van der Waals surface area contributed by atoms with Crippen LogP contribution < -0.4 is 5.73 Å². The maximum atomic E-state index is 12.3. The van der Waals surface area contributed by atoms with Gasteiger partial charge in [-0.25, -0.2) is 9.59 Å². The first-order valence-electron chi connectivity index (χ1n) is 9.61. The van der Waals surface area contributed by atoms with Crippen molar-refractivity contribution in [3.8, 4) is 0 Å². The molecule has 0 amide bonds. The van der Waals surface area contributed by atoms with Crippen molar-refractivity contribution >= 4 is 17.7 Å². The molecule has 7 nitrogen and oxygen atoms in total. The molecule has 29 heavy (non-hydrogen) atoms. The second-order valence-electron chi connectivity index (χ2n) is 7.42. The van der Waals surface area contributed by atoms with E-state index in [9.17, 15) is 14.4 Å². The summed E-state index contributed by atoms with van der Waals surface area (Å²) in [7, 11) is 0. The lowest BCUT2D eigenvalue weighted by Crippen LogP contribution is -2.43. The quantitative estimate of drug-likeness (QED) is 0.257. The summed E-state index contributed by atoms with van der Waals surface area (Å²) in [5, 5.41) is 8.51. The average Bonchev–Trinajstić information content (AvgIpc) is 3.18. The van der Waals surface area contributed by atoms with Gasteiger partial charge in [0.1, 0.15) is 12.4 Å². The van der Waals surface area contributed by atoms with E-state index in [0.717, 1.165) is 19.3 Å². The molecule has 156 valence electrons. The van der Waals surface area contributed by atoms with E-state index >= 15 is 0 Å². The van der Waals surface area contributed by atoms with Crippen LogP contribution in [0.2, 0.25) is 0 Å². The summed E-state index contributed by atoms with van der Waals surface area (Å²) in [4.78, 5) is 33.7. The van der Waals surface area contributed by atoms with Gasteiger partial charge in [0.2, 0.25) is 0 Å². The molecular weight excluding hydrogens is 374 g/mol. The van der Waals surface area contributed by atoms with Crippen molar-refractivity contribution in [1.29, 1.82) is 0 Å². The van der Waals surface area contributed by atoms with Gasteiger partial charge in [-0.05, 0) is 50.3 Å². The van der Waals surface area contributed by atoms with E-state index in [4.69, 9.17) is 15.3 Å². The molecule has 0 fully saturated rings. The Balaban J connectivity index is 1.72. The van der Waals surface area contributed by atoms with Crippen molar-refractivity contribution in [3.63, 3.8) is 0 Å². The number of unbranched alkanes of at least 4 members (excludes halogenated alkanes) is 1. The molecule has 0 saturated carbocycles. The summed E-state index contributed by atoms with van der Waals surface area (Å²) >= 11 is 0. The number of carboxylic acid groups (broad SMARTS) is 1. The normalized spacial score (nSPS) is 12.9. The van der Waals surface area contributed by atoms with Gasteiger partial charge in [-0.2, -0.15) is 0 Å². The van der Waals surface area contributed by atoms with Crippen molar-refractivity contribution in [2.45, 2.75) is 51.0 Å². The van der Waals surface area contributed by atoms with Crippen LogP contribution in [-0.2, 0) is 27.2 Å². The number of carbonyl (C=O) groups is 3. The van der Waals surface area contributed by atoms with E-state index in [1.807, 2.05) is 18.2 Å². The second-order valence-corrected chi connectivity index (χ2v) is 7.42. The van der Waals surface area contributed by atoms with Crippen molar-refractivity contribution in [1.82, 2.24) is 0 Å². The molecule has 0 aliphatic heterocycles. The predicted molar refractivity (Wildman–Crippen MR) is 107 cm³/mol. The minimum atomic E-state index is -1.65. The third-order valence-corrected chi connectivity index (χ3v) is 4.55. The fraction of sp³-hybridized carbons (Fsp3) is 0.409. The van der Waals surface area contributed by atoms with Gasteiger partial charge in [-0.3, -0.25) is 4.79 Å². The molecular formula is C22H27NO6. The molecule has 2 aromatic rings. The highest BCUT2D eigenvalue weighted by Gasteiger charge is 2.24. The highest BCUT2D eigenvalue weighted by Crippen LogP contribution is 2.17. The molecule has 1 aromatic carbocycles. The fourth-order valence-electron chi connectivity index (χ4n) is 2.82. The van der Waals surface area contributed by atoms with Crippen LogP contribution in [0.15, 0.2) is 46.9 Å². The first-order chi connectivity index (χ1) is 13.8. The molecule has 1 aromatic heterocycles. The zero-order chi connectivity index (χ0) is 21.3. The number of hydrogen-bond acceptors (Lipinski definition) is 6. The van der Waals surface area contributed by atoms with Gasteiger partial charge in [-0.15, -0.1) is 0 Å². The number of rotatable bonds is 11. The maximum Gasteiger partial charge on any atom is 0.417 e. The molecule has 0 radical (unpaired) electrons. The standard InChI is InChI=1S/C22H27NO6/c1-22(23,15-28-21(27)20(25)26)14-13-17-11-12-19(29-17)18(24)10-6-5-9-16-7-3-2-4-8-16/h2-4,7-8,11-12H,5-6,9-10,13-15,23H2,1H3,(H,25,26)/t22-/m1/s1. The van der Waals surface area contributed by atoms with E-state index < -0.39 is 17.5 Å². The van der Waals surface area contributed by atoms with Gasteiger partial charge in [0.15, 0.2) is 11.5 Å². The summed E-state index contributed by atoms with van der Waals surface area (Å²) in [6, 6.07) is 13.5. The van der Waals surface area contributed by atoms with Gasteiger partial charge in [0.05, 0.1) is 0 Å². The number of ketones is 1. The van der Waals surface area contributed by atoms with Gasteiger partial charge in [-0.1, -0.05) is 30.3 Å². The minimum Gasteiger partial charge on any atom is -0.473 e. The van der Waals surface area contributed by atoms with E-state index in [2.05, 4.69) is 16.9 Å². The molecule has 0 aliphatic rings. The van der Waals surface area contributed by atoms with E-state index in [1.165, 1.54) is 5.56 Å². The van der Waals surface area contributed by atoms with Crippen LogP contribution >= 0.6 is 0 Å². The zero-order valence-corrected chi connectivity index (χ0v) is 16.6. The van der Waals surface area contributed by atoms with Crippen LogP contribution in [0.5, 0.6) is 0 Å². The minimum absolute atomic E-state index is 0.0322. The Morgan fingerprint density at radius 3 is 2.48 bits per heavy atom. The molecule has 2 rings (SSSR count). The van der Waals surface area contributed by atoms with Crippen molar-refractivity contribution in [2.75, 3.05) is 6.61 Å². The monoisotopic (exact) mass is 401 g/mol. The Kier molecular flexibility index (Phi) is 8.15. The highest BCUT2D eigenvalue weighted by atomic mass is 16.6. The summed E-state index contributed by atoms with van der Waals surface area (Å²) in [6.45, 7) is 1.44. The Labute approximate surface area is 169 Å². The average molecular weight is 401 g/mol. The van der Waals surface area contributed by atoms with Crippen molar-refractivity contribution in [3.05, 3.63) is 59.5 Å². The zero-order valence-electron chi connectivity index (χ0n) is 16.6. The lowest BCUT2D eigenvalue weighted by Gasteiger charge is -2.23. The van der Waals surface area contributed by atoms with Crippen LogP contribution in [-0.4, -0.2) is 35.0 Å². The van der Waals surface area contributed by atoms with E-state index in [-0.39, 0.29) is 12.4 Å². The molecule has 0 unspecified atom stereocenters. The number of ether oxygens (including phenoxy) is 1. The Bertz CT molecular complexity index is 825. The molecule has 7 heteroatoms. The number of Topliss-reactive ketones (excluding diaryl/α,β-unsaturated/α-hetero) is 1. The smallest absolute Gasteiger partial charge is 0.417 e. The largest absolute Gasteiger partial charge is 0.473 e. The predicted octanol–water partition coefficient (Wildman–Crippen LogP) is 3.15. The summed E-state index contributed by atoms with van der Waals surface area (Å²) in [5.41, 5.74) is 6.39. The highest BCUT2D eigenvalue weighted by molar-refractivity contribution is 6.28. The second kappa shape index (κ2) is 10.6. The Morgan fingerprint density at radius 2 is 1.79 bits per heavy atom. The lowest BCUT2D eigenvalue weighted by atomic mass is 9.97. The summed E-state index contributed by atoms with van der Waals surface area (Å²) in [5.74, 6) is -2.08. The molecule has 1 atom stereocenters. The SMILES string of the molecule is C[C@@](N)(CCc1ccc(C(=O)CCCCc2ccccc2)o1)COC(=O)C(=O)O.